The Morgan fingerprint density at radius 2 is 2.12 bits per heavy atom. The maximum Gasteiger partial charge on any atom is 0.226 e. The van der Waals surface area contributed by atoms with Crippen LogP contribution in [0.25, 0.3) is 0 Å². The van der Waals surface area contributed by atoms with Gasteiger partial charge >= 0.3 is 0 Å². The Balaban J connectivity index is 0.00000338. The summed E-state index contributed by atoms with van der Waals surface area (Å²) in [6.45, 7) is 6.51. The van der Waals surface area contributed by atoms with Gasteiger partial charge in [-0.15, -0.1) is 12.4 Å². The highest BCUT2D eigenvalue weighted by molar-refractivity contribution is 5.85. The molecule has 0 spiro atoms. The summed E-state index contributed by atoms with van der Waals surface area (Å²) < 4.78 is 5.77. The summed E-state index contributed by atoms with van der Waals surface area (Å²) in [6.07, 6.45) is 1.99. The van der Waals surface area contributed by atoms with E-state index in [-0.39, 0.29) is 30.1 Å². The molecule has 7 heteroatoms. The fourth-order valence-electron chi connectivity index (χ4n) is 3.04. The summed E-state index contributed by atoms with van der Waals surface area (Å²) in [4.78, 5) is 26.3. The molecule has 2 rings (SSSR count). The van der Waals surface area contributed by atoms with Crippen LogP contribution in [0.1, 0.15) is 30.4 Å². The smallest absolute Gasteiger partial charge is 0.226 e. The minimum Gasteiger partial charge on any atom is -0.493 e. The Morgan fingerprint density at radius 3 is 2.85 bits per heavy atom. The van der Waals surface area contributed by atoms with Crippen molar-refractivity contribution in [1.29, 1.82) is 0 Å². The van der Waals surface area contributed by atoms with Crippen molar-refractivity contribution < 1.29 is 14.3 Å². The van der Waals surface area contributed by atoms with Gasteiger partial charge in [-0.25, -0.2) is 0 Å². The van der Waals surface area contributed by atoms with Gasteiger partial charge in [0, 0.05) is 26.2 Å². The first kappa shape index (κ1) is 22.3. The third-order valence-electron chi connectivity index (χ3n) is 4.72. The van der Waals surface area contributed by atoms with Gasteiger partial charge in [0.25, 0.3) is 0 Å². The van der Waals surface area contributed by atoms with Crippen LogP contribution in [0.15, 0.2) is 18.2 Å². The highest BCUT2D eigenvalue weighted by Gasteiger charge is 2.27. The molecule has 0 aromatic heterocycles. The summed E-state index contributed by atoms with van der Waals surface area (Å²) >= 11 is 0. The zero-order chi connectivity index (χ0) is 18.2. The Hall–Kier alpha value is -1.79. The van der Waals surface area contributed by atoms with Crippen LogP contribution in [0.2, 0.25) is 0 Å². The van der Waals surface area contributed by atoms with E-state index >= 15 is 0 Å². The molecule has 3 N–H and O–H groups in total. The van der Waals surface area contributed by atoms with Crippen molar-refractivity contribution in [3.63, 3.8) is 0 Å². The number of halogens is 1. The molecule has 146 valence electrons. The second-order valence-electron chi connectivity index (χ2n) is 6.56. The molecule has 2 amide bonds. The molecule has 0 aliphatic carbocycles. The van der Waals surface area contributed by atoms with E-state index in [1.165, 1.54) is 5.56 Å². The molecule has 26 heavy (non-hydrogen) atoms. The zero-order valence-electron chi connectivity index (χ0n) is 15.6. The molecule has 0 saturated carbocycles. The number of rotatable bonds is 7. The van der Waals surface area contributed by atoms with Crippen LogP contribution in [-0.2, 0) is 9.59 Å². The molecular weight excluding hydrogens is 354 g/mol. The highest BCUT2D eigenvalue weighted by Crippen LogP contribution is 2.21. The molecule has 1 aromatic carbocycles. The summed E-state index contributed by atoms with van der Waals surface area (Å²) in [7, 11) is 0. The Bertz CT molecular complexity index is 610. The van der Waals surface area contributed by atoms with Gasteiger partial charge in [-0.1, -0.05) is 12.1 Å². The van der Waals surface area contributed by atoms with Crippen molar-refractivity contribution in [2.45, 2.75) is 33.1 Å². The number of ether oxygens (including phenoxy) is 1. The lowest BCUT2D eigenvalue weighted by atomic mass is 9.97. The number of carbonyl (C=O) groups excluding carboxylic acids is 2. The van der Waals surface area contributed by atoms with Crippen molar-refractivity contribution in [3.8, 4) is 5.75 Å². The van der Waals surface area contributed by atoms with Crippen molar-refractivity contribution in [2.24, 2.45) is 11.7 Å². The minimum absolute atomic E-state index is 0. The summed E-state index contributed by atoms with van der Waals surface area (Å²) in [6, 6.07) is 5.91. The maximum atomic E-state index is 12.4. The molecule has 1 atom stereocenters. The van der Waals surface area contributed by atoms with Crippen LogP contribution in [-0.4, -0.2) is 49.5 Å². The number of hydrogen-bond donors (Lipinski definition) is 2. The number of carbonyl (C=O) groups is 2. The molecule has 1 saturated heterocycles. The number of nitrogens with two attached hydrogens (primary N) is 1. The first-order valence-corrected chi connectivity index (χ1v) is 8.97. The molecule has 1 unspecified atom stereocenters. The molecular formula is C19H30ClN3O3. The van der Waals surface area contributed by atoms with Gasteiger partial charge < -0.3 is 20.7 Å². The van der Waals surface area contributed by atoms with Crippen LogP contribution in [0.3, 0.4) is 0 Å². The van der Waals surface area contributed by atoms with E-state index in [2.05, 4.69) is 5.32 Å². The third-order valence-corrected chi connectivity index (χ3v) is 4.72. The number of nitrogens with one attached hydrogen (secondary N) is 1. The molecule has 0 radical (unpaired) electrons. The van der Waals surface area contributed by atoms with E-state index in [1.54, 1.807) is 4.90 Å². The molecule has 0 bridgehead atoms. The topological polar surface area (TPSA) is 84.7 Å². The van der Waals surface area contributed by atoms with Gasteiger partial charge in [0.1, 0.15) is 5.75 Å². The van der Waals surface area contributed by atoms with E-state index in [1.807, 2.05) is 32.0 Å². The van der Waals surface area contributed by atoms with Crippen molar-refractivity contribution >= 4 is 24.2 Å². The number of benzene rings is 1. The predicted molar refractivity (Wildman–Crippen MR) is 105 cm³/mol. The number of nitrogens with zero attached hydrogens (tertiary/aromatic N) is 1. The Kier molecular flexibility index (Phi) is 9.44. The van der Waals surface area contributed by atoms with Crippen LogP contribution in [0.4, 0.5) is 0 Å². The summed E-state index contributed by atoms with van der Waals surface area (Å²) in [5.41, 5.74) is 7.69. The first-order chi connectivity index (χ1) is 12.0. The van der Waals surface area contributed by atoms with Crippen LogP contribution < -0.4 is 15.8 Å². The van der Waals surface area contributed by atoms with Crippen molar-refractivity contribution in [3.05, 3.63) is 29.3 Å². The number of hydrogen-bond acceptors (Lipinski definition) is 4. The zero-order valence-corrected chi connectivity index (χ0v) is 16.4. The van der Waals surface area contributed by atoms with E-state index < -0.39 is 0 Å². The van der Waals surface area contributed by atoms with E-state index in [4.69, 9.17) is 10.5 Å². The van der Waals surface area contributed by atoms with Crippen molar-refractivity contribution in [2.75, 3.05) is 32.8 Å². The second-order valence-corrected chi connectivity index (χ2v) is 6.56. The van der Waals surface area contributed by atoms with E-state index in [9.17, 15) is 9.59 Å². The quantitative estimate of drug-likeness (QED) is 0.752. The normalized spacial score (nSPS) is 16.6. The van der Waals surface area contributed by atoms with Crippen LogP contribution in [0, 0.1) is 19.8 Å². The summed E-state index contributed by atoms with van der Waals surface area (Å²) in [5.74, 6) is 0.728. The standard InChI is InChI=1S/C19H29N3O3.ClH/c1-14-5-3-7-17(15(14)2)25-12-8-18(23)22-11-4-6-16(13-22)19(24)21-10-9-20;/h3,5,7,16H,4,6,8-13,20H2,1-2H3,(H,21,24);1H. The minimum atomic E-state index is -0.135. The Morgan fingerprint density at radius 1 is 1.35 bits per heavy atom. The largest absolute Gasteiger partial charge is 0.493 e. The maximum absolute atomic E-state index is 12.4. The third kappa shape index (κ3) is 6.18. The lowest BCUT2D eigenvalue weighted by Crippen LogP contribution is -2.46. The fourth-order valence-corrected chi connectivity index (χ4v) is 3.04. The molecule has 1 fully saturated rings. The number of aryl methyl sites for hydroxylation is 1. The molecule has 6 nitrogen and oxygen atoms in total. The van der Waals surface area contributed by atoms with Gasteiger partial charge in [-0.3, -0.25) is 9.59 Å². The monoisotopic (exact) mass is 383 g/mol. The van der Waals surface area contributed by atoms with Crippen molar-refractivity contribution in [1.82, 2.24) is 10.2 Å². The van der Waals surface area contributed by atoms with Gasteiger partial charge in [0.15, 0.2) is 0 Å². The molecule has 1 aliphatic rings. The van der Waals surface area contributed by atoms with E-state index in [0.717, 1.165) is 24.2 Å². The lowest BCUT2D eigenvalue weighted by Gasteiger charge is -2.32. The average Bonchev–Trinajstić information content (AvgIpc) is 2.63. The predicted octanol–water partition coefficient (Wildman–Crippen LogP) is 1.81. The van der Waals surface area contributed by atoms with E-state index in [0.29, 0.717) is 39.2 Å². The fraction of sp³-hybridized carbons (Fsp3) is 0.579. The van der Waals surface area contributed by atoms with Crippen LogP contribution >= 0.6 is 12.4 Å². The number of amides is 2. The molecule has 1 aromatic rings. The van der Waals surface area contributed by atoms with Gasteiger partial charge in [0.05, 0.1) is 18.9 Å². The molecule has 1 aliphatic heterocycles. The molecule has 1 heterocycles. The number of likely N-dealkylation sites (tertiary alicyclic amines) is 1. The SMILES string of the molecule is Cc1cccc(OCCC(=O)N2CCCC(C(=O)NCCN)C2)c1C.Cl. The second kappa shape index (κ2) is 11.0. The van der Waals surface area contributed by atoms with Gasteiger partial charge in [0.2, 0.25) is 11.8 Å². The lowest BCUT2D eigenvalue weighted by molar-refractivity contribution is -0.136. The summed E-state index contributed by atoms with van der Waals surface area (Å²) in [5, 5.41) is 2.81. The van der Waals surface area contributed by atoms with Crippen LogP contribution in [0.5, 0.6) is 5.75 Å². The Labute approximate surface area is 161 Å². The van der Waals surface area contributed by atoms with Gasteiger partial charge in [-0.05, 0) is 43.9 Å². The number of piperidine rings is 1. The first-order valence-electron chi connectivity index (χ1n) is 8.97. The average molecular weight is 384 g/mol. The van der Waals surface area contributed by atoms with Gasteiger partial charge in [-0.2, -0.15) is 0 Å². The highest BCUT2D eigenvalue weighted by atomic mass is 35.5.